The molecular weight excluding hydrogens is 609 g/mol. The lowest BCUT2D eigenvalue weighted by Crippen LogP contribution is -2.34. The molecule has 2 fully saturated rings. The zero-order valence-corrected chi connectivity index (χ0v) is 25.8. The summed E-state index contributed by atoms with van der Waals surface area (Å²) in [6.45, 7) is 3.11. The van der Waals surface area contributed by atoms with Crippen molar-refractivity contribution in [3.8, 4) is 16.9 Å². The fraction of sp³-hybridized carbons (Fsp3) is 0.459. The molecule has 2 nitrogen and oxygen atoms in total. The van der Waals surface area contributed by atoms with E-state index in [-0.39, 0.29) is 23.8 Å². The SMILES string of the molecule is CCCCCC1CCC(C2CCC(c3ccc(-c4cc(F)c(C=CC(F)(F)Oc5cc(F)c(F)c(F)c5)c(F)c4)cc3)CC2)OC1. The average molecular weight is 649 g/mol. The molecule has 0 bridgehead atoms. The van der Waals surface area contributed by atoms with Crippen LogP contribution >= 0.6 is 0 Å². The Labute approximate surface area is 265 Å². The van der Waals surface area contributed by atoms with E-state index < -0.39 is 46.5 Å². The van der Waals surface area contributed by atoms with Gasteiger partial charge in [0.15, 0.2) is 17.5 Å². The molecule has 5 rings (SSSR count). The lowest BCUT2D eigenvalue weighted by atomic mass is 9.75. The summed E-state index contributed by atoms with van der Waals surface area (Å²) in [6, 6.07) is 10.1. The molecule has 0 radical (unpaired) electrons. The van der Waals surface area contributed by atoms with Crippen molar-refractivity contribution in [2.45, 2.75) is 89.3 Å². The first-order chi connectivity index (χ1) is 22.0. The number of benzene rings is 3. The van der Waals surface area contributed by atoms with Crippen LogP contribution in [-0.4, -0.2) is 18.8 Å². The number of alkyl halides is 2. The van der Waals surface area contributed by atoms with E-state index >= 15 is 0 Å². The molecule has 3 aromatic carbocycles. The van der Waals surface area contributed by atoms with E-state index in [2.05, 4.69) is 11.7 Å². The molecular formula is C37H39F7O2. The molecule has 1 saturated heterocycles. The second kappa shape index (κ2) is 15.1. The number of hydrogen-bond donors (Lipinski definition) is 0. The lowest BCUT2D eigenvalue weighted by Gasteiger charge is -2.38. The Morgan fingerprint density at radius 2 is 1.43 bits per heavy atom. The summed E-state index contributed by atoms with van der Waals surface area (Å²) in [6.07, 6.45) is 8.54. The molecule has 0 amide bonds. The molecule has 1 saturated carbocycles. The van der Waals surface area contributed by atoms with Crippen LogP contribution in [-0.2, 0) is 4.74 Å². The number of unbranched alkanes of at least 4 members (excludes halogenated alkanes) is 2. The monoisotopic (exact) mass is 648 g/mol. The second-order valence-corrected chi connectivity index (χ2v) is 12.6. The van der Waals surface area contributed by atoms with Crippen molar-refractivity contribution in [1.29, 1.82) is 0 Å². The maximum absolute atomic E-state index is 14.9. The van der Waals surface area contributed by atoms with Crippen LogP contribution in [0.5, 0.6) is 5.75 Å². The smallest absolute Gasteiger partial charge is 0.419 e. The van der Waals surface area contributed by atoms with E-state index in [0.717, 1.165) is 50.8 Å². The van der Waals surface area contributed by atoms with Crippen molar-refractivity contribution in [2.75, 3.05) is 6.61 Å². The van der Waals surface area contributed by atoms with E-state index in [1.54, 1.807) is 12.1 Å². The van der Waals surface area contributed by atoms with Crippen molar-refractivity contribution in [3.05, 3.63) is 94.8 Å². The molecule has 2 aliphatic rings. The van der Waals surface area contributed by atoms with Crippen LogP contribution in [0.4, 0.5) is 30.7 Å². The molecule has 1 heterocycles. The number of ether oxygens (including phenoxy) is 2. The normalized spacial score (nSPS) is 22.3. The minimum absolute atomic E-state index is 0.0443. The number of halogens is 7. The number of rotatable bonds is 11. The highest BCUT2D eigenvalue weighted by Crippen LogP contribution is 2.41. The molecule has 2 atom stereocenters. The van der Waals surface area contributed by atoms with Gasteiger partial charge in [-0.1, -0.05) is 50.5 Å². The Hall–Kier alpha value is -3.33. The van der Waals surface area contributed by atoms with Gasteiger partial charge < -0.3 is 9.47 Å². The maximum Gasteiger partial charge on any atom is 0.419 e. The van der Waals surface area contributed by atoms with E-state index in [1.807, 2.05) is 12.1 Å². The number of hydrogen-bond acceptors (Lipinski definition) is 2. The third kappa shape index (κ3) is 8.52. The zero-order valence-electron chi connectivity index (χ0n) is 25.8. The van der Waals surface area contributed by atoms with E-state index in [0.29, 0.717) is 35.5 Å². The molecule has 2 unspecified atom stereocenters. The summed E-state index contributed by atoms with van der Waals surface area (Å²) in [4.78, 5) is 0. The lowest BCUT2D eigenvalue weighted by molar-refractivity contribution is -0.131. The van der Waals surface area contributed by atoms with Crippen LogP contribution in [0.3, 0.4) is 0 Å². The van der Waals surface area contributed by atoms with Gasteiger partial charge in [-0.3, -0.25) is 0 Å². The largest absolute Gasteiger partial charge is 0.429 e. The van der Waals surface area contributed by atoms with Crippen LogP contribution in [0.1, 0.15) is 88.2 Å². The van der Waals surface area contributed by atoms with E-state index in [1.165, 1.54) is 37.7 Å². The minimum atomic E-state index is -4.20. The van der Waals surface area contributed by atoms with Crippen molar-refractivity contribution in [2.24, 2.45) is 11.8 Å². The summed E-state index contributed by atoms with van der Waals surface area (Å²) in [5.41, 5.74) is 1.24. The summed E-state index contributed by atoms with van der Waals surface area (Å²) in [5.74, 6) is -6.76. The second-order valence-electron chi connectivity index (χ2n) is 12.6. The molecule has 248 valence electrons. The Kier molecular flexibility index (Phi) is 11.1. The predicted octanol–water partition coefficient (Wildman–Crippen LogP) is 11.4. The Balaban J connectivity index is 1.16. The molecule has 0 spiro atoms. The fourth-order valence-corrected chi connectivity index (χ4v) is 6.75. The van der Waals surface area contributed by atoms with Crippen LogP contribution in [0.15, 0.2) is 54.6 Å². The van der Waals surface area contributed by atoms with Crippen molar-refractivity contribution in [3.63, 3.8) is 0 Å². The summed E-state index contributed by atoms with van der Waals surface area (Å²) >= 11 is 0. The van der Waals surface area contributed by atoms with Gasteiger partial charge in [-0.2, -0.15) is 8.78 Å². The van der Waals surface area contributed by atoms with E-state index in [4.69, 9.17) is 4.74 Å². The Morgan fingerprint density at radius 3 is 2.02 bits per heavy atom. The first-order valence-electron chi connectivity index (χ1n) is 16.1. The van der Waals surface area contributed by atoms with Gasteiger partial charge in [-0.15, -0.1) is 0 Å². The van der Waals surface area contributed by atoms with Gasteiger partial charge in [0.1, 0.15) is 17.4 Å². The predicted molar refractivity (Wildman–Crippen MR) is 164 cm³/mol. The van der Waals surface area contributed by atoms with Crippen LogP contribution in [0.2, 0.25) is 0 Å². The minimum Gasteiger partial charge on any atom is -0.429 e. The highest BCUT2D eigenvalue weighted by atomic mass is 19.3. The van der Waals surface area contributed by atoms with Gasteiger partial charge in [-0.05, 0) is 97.6 Å². The highest BCUT2D eigenvalue weighted by molar-refractivity contribution is 5.67. The van der Waals surface area contributed by atoms with Gasteiger partial charge in [-0.25, -0.2) is 22.0 Å². The first kappa shape index (κ1) is 34.0. The van der Waals surface area contributed by atoms with Gasteiger partial charge in [0.05, 0.1) is 6.10 Å². The molecule has 1 aliphatic heterocycles. The molecule has 0 N–H and O–H groups in total. The van der Waals surface area contributed by atoms with Crippen LogP contribution in [0.25, 0.3) is 17.2 Å². The van der Waals surface area contributed by atoms with Crippen molar-refractivity contribution in [1.82, 2.24) is 0 Å². The molecule has 46 heavy (non-hydrogen) atoms. The Morgan fingerprint density at radius 1 is 0.783 bits per heavy atom. The standard InChI is InChI=1S/C37H39F7O2/c1-2-3-4-5-23-6-15-35(45-22-23)27-13-11-25(12-14-27)24-7-9-26(10-8-24)28-18-31(38)30(32(39)19-28)16-17-37(43,44)46-29-20-33(40)36(42)34(41)21-29/h7-10,16-21,23,25,27,35H,2-6,11-15,22H2,1H3. The van der Waals surface area contributed by atoms with Crippen LogP contribution < -0.4 is 4.74 Å². The third-order valence-corrected chi connectivity index (χ3v) is 9.37. The zero-order chi connectivity index (χ0) is 32.8. The van der Waals surface area contributed by atoms with E-state index in [9.17, 15) is 30.7 Å². The van der Waals surface area contributed by atoms with Gasteiger partial charge >= 0.3 is 6.11 Å². The summed E-state index contributed by atoms with van der Waals surface area (Å²) in [5, 5.41) is 0. The maximum atomic E-state index is 14.9. The molecule has 0 aromatic heterocycles. The molecule has 9 heteroatoms. The summed E-state index contributed by atoms with van der Waals surface area (Å²) in [7, 11) is 0. The fourth-order valence-electron chi connectivity index (χ4n) is 6.75. The first-order valence-corrected chi connectivity index (χ1v) is 16.1. The van der Waals surface area contributed by atoms with Gasteiger partial charge in [0.2, 0.25) is 0 Å². The average Bonchev–Trinajstić information content (AvgIpc) is 3.03. The Bertz CT molecular complexity index is 1440. The third-order valence-electron chi connectivity index (χ3n) is 9.37. The quantitative estimate of drug-likeness (QED) is 0.117. The molecule has 3 aromatic rings. The topological polar surface area (TPSA) is 18.5 Å². The van der Waals surface area contributed by atoms with Crippen molar-refractivity contribution >= 4 is 6.08 Å². The van der Waals surface area contributed by atoms with Gasteiger partial charge in [0.25, 0.3) is 0 Å². The molecule has 1 aliphatic carbocycles. The highest BCUT2D eigenvalue weighted by Gasteiger charge is 2.32. The van der Waals surface area contributed by atoms with Crippen LogP contribution in [0, 0.1) is 40.9 Å². The van der Waals surface area contributed by atoms with Crippen molar-refractivity contribution < 1.29 is 40.2 Å². The summed E-state index contributed by atoms with van der Waals surface area (Å²) < 4.78 is 108. The van der Waals surface area contributed by atoms with Gasteiger partial charge in [0, 0.05) is 30.4 Å².